The van der Waals surface area contributed by atoms with E-state index in [9.17, 15) is 4.79 Å². The lowest BCUT2D eigenvalue weighted by molar-refractivity contribution is -0.155. The molecule has 1 amide bonds. The number of thiazole rings is 1. The number of halogens is 2. The predicted molar refractivity (Wildman–Crippen MR) is 155 cm³/mol. The van der Waals surface area contributed by atoms with E-state index in [-0.39, 0.29) is 23.9 Å². The van der Waals surface area contributed by atoms with Gasteiger partial charge in [-0.25, -0.2) is 4.98 Å². The molecule has 1 aliphatic heterocycles. The van der Waals surface area contributed by atoms with Crippen LogP contribution in [-0.2, 0) is 4.79 Å². The van der Waals surface area contributed by atoms with Crippen molar-refractivity contribution in [3.63, 3.8) is 0 Å². The van der Waals surface area contributed by atoms with Crippen LogP contribution in [-0.4, -0.2) is 15.8 Å². The van der Waals surface area contributed by atoms with E-state index >= 15 is 0 Å². The maximum atomic E-state index is 14.5. The zero-order valence-corrected chi connectivity index (χ0v) is 23.4. The Kier molecular flexibility index (Phi) is 7.44. The average molecular weight is 550 g/mol. The van der Waals surface area contributed by atoms with Crippen LogP contribution in [0.4, 0.5) is 0 Å². The minimum atomic E-state index is -0.595. The molecule has 0 saturated carbocycles. The molecule has 0 radical (unpaired) electrons. The molecule has 4 aromatic rings. The summed E-state index contributed by atoms with van der Waals surface area (Å²) in [6, 6.07) is 23.8. The standard InChI is InChI=1S/C31H30Cl2N2OS/c1-4-17-31(3)19-24(21-9-8-10-23(33)18-21)28(20-13-15-22(32)16-14-20)35(30(31)36)26(5-2)29-34-25-11-6-7-12-27(25)37-29/h4,6-16,18,24,26,28H,1,5,17,19H2,2-3H3/t24-,26-,28-,31+/m1/s1. The molecular formula is C31H30Cl2N2OS. The van der Waals surface area contributed by atoms with Crippen LogP contribution in [0.5, 0.6) is 0 Å². The van der Waals surface area contributed by atoms with Gasteiger partial charge in [-0.15, -0.1) is 17.9 Å². The van der Waals surface area contributed by atoms with Crippen LogP contribution in [0.1, 0.15) is 67.2 Å². The number of amides is 1. The minimum Gasteiger partial charge on any atom is -0.325 e. The Morgan fingerprint density at radius 3 is 2.51 bits per heavy atom. The third-order valence-electron chi connectivity index (χ3n) is 7.50. The van der Waals surface area contributed by atoms with Crippen LogP contribution in [0.2, 0.25) is 10.0 Å². The monoisotopic (exact) mass is 548 g/mol. The highest BCUT2D eigenvalue weighted by Crippen LogP contribution is 2.54. The second-order valence-electron chi connectivity index (χ2n) is 10.1. The Morgan fingerprint density at radius 1 is 1.08 bits per heavy atom. The Bertz CT molecular complexity index is 1400. The summed E-state index contributed by atoms with van der Waals surface area (Å²) < 4.78 is 1.13. The summed E-state index contributed by atoms with van der Waals surface area (Å²) in [5.74, 6) is 0.169. The van der Waals surface area contributed by atoms with Gasteiger partial charge in [-0.05, 0) is 66.8 Å². The van der Waals surface area contributed by atoms with Gasteiger partial charge in [0.15, 0.2) is 0 Å². The van der Waals surface area contributed by atoms with E-state index in [2.05, 4.69) is 37.5 Å². The summed E-state index contributed by atoms with van der Waals surface area (Å²) >= 11 is 14.4. The number of piperidine rings is 1. The number of hydrogen-bond acceptors (Lipinski definition) is 3. The van der Waals surface area contributed by atoms with Gasteiger partial charge in [-0.3, -0.25) is 4.79 Å². The molecule has 1 aliphatic rings. The molecule has 2 heterocycles. The van der Waals surface area contributed by atoms with E-state index in [1.807, 2.05) is 66.7 Å². The van der Waals surface area contributed by atoms with Gasteiger partial charge in [0, 0.05) is 16.0 Å². The van der Waals surface area contributed by atoms with Crippen molar-refractivity contribution >= 4 is 50.7 Å². The molecule has 6 heteroatoms. The molecule has 0 spiro atoms. The summed E-state index contributed by atoms with van der Waals surface area (Å²) in [4.78, 5) is 21.6. The van der Waals surface area contributed by atoms with Crippen LogP contribution in [0.15, 0.2) is 85.5 Å². The highest BCUT2D eigenvalue weighted by Gasteiger charge is 2.51. The van der Waals surface area contributed by atoms with Gasteiger partial charge in [0.05, 0.1) is 27.7 Å². The van der Waals surface area contributed by atoms with Gasteiger partial charge in [-0.2, -0.15) is 0 Å². The van der Waals surface area contributed by atoms with Crippen molar-refractivity contribution in [2.45, 2.75) is 51.1 Å². The van der Waals surface area contributed by atoms with E-state index in [0.717, 1.165) is 32.8 Å². The molecule has 1 fully saturated rings. The summed E-state index contributed by atoms with van der Waals surface area (Å²) in [6.45, 7) is 8.20. The van der Waals surface area contributed by atoms with Crippen molar-refractivity contribution in [3.05, 3.63) is 112 Å². The molecule has 0 N–H and O–H groups in total. The van der Waals surface area contributed by atoms with Crippen LogP contribution in [0.3, 0.4) is 0 Å². The van der Waals surface area contributed by atoms with E-state index in [1.54, 1.807) is 11.3 Å². The SMILES string of the molecule is C=CC[C@@]1(C)C[C@H](c2cccc(Cl)c2)[C@@H](c2ccc(Cl)cc2)N([C@H](CC)c2nc3ccccc3s2)C1=O. The summed E-state index contributed by atoms with van der Waals surface area (Å²) in [5.41, 5.74) is 2.55. The highest BCUT2D eigenvalue weighted by molar-refractivity contribution is 7.18. The van der Waals surface area contributed by atoms with Crippen molar-refractivity contribution in [1.29, 1.82) is 0 Å². The molecule has 0 unspecified atom stereocenters. The van der Waals surface area contributed by atoms with E-state index < -0.39 is 5.41 Å². The Balaban J connectivity index is 1.72. The molecule has 0 aliphatic carbocycles. The van der Waals surface area contributed by atoms with Crippen molar-refractivity contribution in [2.24, 2.45) is 5.41 Å². The number of aromatic nitrogens is 1. The number of allylic oxidation sites excluding steroid dienone is 1. The molecule has 3 aromatic carbocycles. The Morgan fingerprint density at radius 2 is 1.84 bits per heavy atom. The number of likely N-dealkylation sites (tertiary alicyclic amines) is 1. The van der Waals surface area contributed by atoms with Gasteiger partial charge in [0.1, 0.15) is 5.01 Å². The normalized spacial score (nSPS) is 22.8. The van der Waals surface area contributed by atoms with Gasteiger partial charge in [-0.1, -0.05) is 79.5 Å². The summed E-state index contributed by atoms with van der Waals surface area (Å²) in [7, 11) is 0. The summed E-state index contributed by atoms with van der Waals surface area (Å²) in [5, 5.41) is 2.33. The number of carbonyl (C=O) groups is 1. The number of nitrogens with zero attached hydrogens (tertiary/aromatic N) is 2. The maximum Gasteiger partial charge on any atom is 0.229 e. The van der Waals surface area contributed by atoms with E-state index in [1.165, 1.54) is 0 Å². The number of hydrogen-bond donors (Lipinski definition) is 0. The number of benzene rings is 3. The highest BCUT2D eigenvalue weighted by atomic mass is 35.5. The van der Waals surface area contributed by atoms with Crippen LogP contribution >= 0.6 is 34.5 Å². The van der Waals surface area contributed by atoms with Crippen molar-refractivity contribution in [1.82, 2.24) is 9.88 Å². The van der Waals surface area contributed by atoms with Crippen molar-refractivity contribution in [2.75, 3.05) is 0 Å². The smallest absolute Gasteiger partial charge is 0.229 e. The van der Waals surface area contributed by atoms with Crippen molar-refractivity contribution < 1.29 is 4.79 Å². The minimum absolute atomic E-state index is 0.0333. The fourth-order valence-electron chi connectivity index (χ4n) is 5.75. The molecule has 1 saturated heterocycles. The molecule has 3 nitrogen and oxygen atoms in total. The molecule has 1 aromatic heterocycles. The van der Waals surface area contributed by atoms with E-state index in [4.69, 9.17) is 28.2 Å². The Labute approximate surface area is 232 Å². The number of fused-ring (bicyclic) bond motifs is 1. The van der Waals surface area contributed by atoms with Gasteiger partial charge in [0.2, 0.25) is 5.91 Å². The zero-order chi connectivity index (χ0) is 26.2. The molecule has 0 bridgehead atoms. The van der Waals surface area contributed by atoms with E-state index in [0.29, 0.717) is 22.9 Å². The second-order valence-corrected chi connectivity index (χ2v) is 12.0. The van der Waals surface area contributed by atoms with Crippen LogP contribution in [0, 0.1) is 5.41 Å². The lowest BCUT2D eigenvalue weighted by Gasteiger charge is -2.51. The van der Waals surface area contributed by atoms with Gasteiger partial charge in [0.25, 0.3) is 0 Å². The van der Waals surface area contributed by atoms with Crippen LogP contribution in [0.25, 0.3) is 10.2 Å². The first-order valence-corrected chi connectivity index (χ1v) is 14.2. The molecule has 190 valence electrons. The third-order valence-corrected chi connectivity index (χ3v) is 9.13. The molecule has 37 heavy (non-hydrogen) atoms. The lowest BCUT2D eigenvalue weighted by atomic mass is 9.67. The first-order chi connectivity index (χ1) is 17.8. The fourth-order valence-corrected chi connectivity index (χ4v) is 7.23. The zero-order valence-electron chi connectivity index (χ0n) is 21.0. The first-order valence-electron chi connectivity index (χ1n) is 12.6. The summed E-state index contributed by atoms with van der Waals surface area (Å²) in [6.07, 6.45) is 3.91. The molecule has 5 rings (SSSR count). The number of carbonyl (C=O) groups excluding carboxylic acids is 1. The van der Waals surface area contributed by atoms with Gasteiger partial charge < -0.3 is 4.90 Å². The number of rotatable bonds is 7. The quantitative estimate of drug-likeness (QED) is 0.215. The average Bonchev–Trinajstić information content (AvgIpc) is 3.32. The fraction of sp³-hybridized carbons (Fsp3) is 0.290. The van der Waals surface area contributed by atoms with Gasteiger partial charge >= 0.3 is 0 Å². The topological polar surface area (TPSA) is 33.2 Å². The Hall–Kier alpha value is -2.66. The third kappa shape index (κ3) is 4.95. The lowest BCUT2D eigenvalue weighted by Crippen LogP contribution is -2.52. The number of para-hydroxylation sites is 1. The molecular weight excluding hydrogens is 519 g/mol. The van der Waals surface area contributed by atoms with Crippen LogP contribution < -0.4 is 0 Å². The molecule has 4 atom stereocenters. The first kappa shape index (κ1) is 26.0. The largest absolute Gasteiger partial charge is 0.325 e. The predicted octanol–water partition coefficient (Wildman–Crippen LogP) is 9.39. The van der Waals surface area contributed by atoms with Crippen molar-refractivity contribution in [3.8, 4) is 0 Å². The second kappa shape index (κ2) is 10.6. The maximum absolute atomic E-state index is 14.5.